The number of hydrogen-bond acceptors (Lipinski definition) is 5. The Hall–Kier alpha value is -2.70. The highest BCUT2D eigenvalue weighted by atomic mass is 35.5. The molecule has 2 fully saturated rings. The van der Waals surface area contributed by atoms with Gasteiger partial charge in [-0.25, -0.2) is 0 Å². The van der Waals surface area contributed by atoms with Gasteiger partial charge in [-0.2, -0.15) is 0 Å². The summed E-state index contributed by atoms with van der Waals surface area (Å²) in [7, 11) is 5.30. The largest absolute Gasteiger partial charge is 0.507 e. The van der Waals surface area contributed by atoms with Gasteiger partial charge in [-0.05, 0) is 42.7 Å². The van der Waals surface area contributed by atoms with Gasteiger partial charge in [0.15, 0.2) is 0 Å². The van der Waals surface area contributed by atoms with Crippen LogP contribution in [0.2, 0.25) is 10.0 Å². The number of carbonyl (C=O) groups excluding carboxylic acids is 2. The maximum Gasteiger partial charge on any atom is 0.295 e. The summed E-state index contributed by atoms with van der Waals surface area (Å²) in [6.45, 7) is 0. The third-order valence-corrected chi connectivity index (χ3v) is 6.89. The minimum atomic E-state index is -0.723. The Morgan fingerprint density at radius 2 is 1.73 bits per heavy atom. The Labute approximate surface area is 203 Å². The standard InChI is InChI=1S/C25H26Cl2N2O4/c1-28(2)16-10-8-14(9-11-16)21-20(23(31)25(32)29(21)17-6-4-5-7-17)22(30)18-12-15(26)13-19(27)24(18)33-3/h8-13,17,21,30H,4-7H2,1-3H3/b22-20+. The predicted molar refractivity (Wildman–Crippen MR) is 130 cm³/mol. The maximum absolute atomic E-state index is 13.3. The van der Waals surface area contributed by atoms with Crippen LogP contribution in [0.5, 0.6) is 5.75 Å². The normalized spacial score (nSPS) is 20.5. The highest BCUT2D eigenvalue weighted by Crippen LogP contribution is 2.45. The molecule has 0 spiro atoms. The Morgan fingerprint density at radius 1 is 1.09 bits per heavy atom. The van der Waals surface area contributed by atoms with Crippen molar-refractivity contribution in [3.63, 3.8) is 0 Å². The van der Waals surface area contributed by atoms with Crippen LogP contribution in [0.15, 0.2) is 42.0 Å². The number of aliphatic hydroxyl groups is 1. The van der Waals surface area contributed by atoms with E-state index in [0.29, 0.717) is 0 Å². The Morgan fingerprint density at radius 3 is 2.30 bits per heavy atom. The number of likely N-dealkylation sites (tertiary alicyclic amines) is 1. The molecule has 1 unspecified atom stereocenters. The molecular weight excluding hydrogens is 463 g/mol. The van der Waals surface area contributed by atoms with Crippen molar-refractivity contribution in [2.75, 3.05) is 26.1 Å². The first-order chi connectivity index (χ1) is 15.7. The van der Waals surface area contributed by atoms with Crippen LogP contribution in [0.1, 0.15) is 42.9 Å². The molecule has 1 heterocycles. The van der Waals surface area contributed by atoms with Gasteiger partial charge in [0, 0.05) is 30.8 Å². The van der Waals surface area contributed by atoms with Gasteiger partial charge in [-0.15, -0.1) is 0 Å². The van der Waals surface area contributed by atoms with Crippen molar-refractivity contribution in [3.8, 4) is 5.75 Å². The molecule has 1 aliphatic carbocycles. The first kappa shape index (κ1) is 23.5. The summed E-state index contributed by atoms with van der Waals surface area (Å²) in [5.74, 6) is -1.49. The van der Waals surface area contributed by atoms with Crippen molar-refractivity contribution in [1.82, 2.24) is 4.90 Å². The fourth-order valence-electron chi connectivity index (χ4n) is 4.78. The van der Waals surface area contributed by atoms with Gasteiger partial charge >= 0.3 is 0 Å². The summed E-state index contributed by atoms with van der Waals surface area (Å²) in [6.07, 6.45) is 3.65. The number of aliphatic hydroxyl groups excluding tert-OH is 1. The number of benzene rings is 2. The van der Waals surface area contributed by atoms with Gasteiger partial charge in [-0.3, -0.25) is 9.59 Å². The molecule has 1 saturated heterocycles. The molecule has 1 atom stereocenters. The van der Waals surface area contributed by atoms with E-state index in [4.69, 9.17) is 27.9 Å². The average molecular weight is 489 g/mol. The zero-order valence-electron chi connectivity index (χ0n) is 18.8. The maximum atomic E-state index is 13.3. The number of rotatable bonds is 5. The fraction of sp³-hybridized carbons (Fsp3) is 0.360. The molecule has 174 valence electrons. The summed E-state index contributed by atoms with van der Waals surface area (Å²) in [5.41, 5.74) is 1.93. The van der Waals surface area contributed by atoms with Crippen molar-refractivity contribution in [2.24, 2.45) is 0 Å². The van der Waals surface area contributed by atoms with Gasteiger partial charge in [0.05, 0.1) is 29.3 Å². The summed E-state index contributed by atoms with van der Waals surface area (Å²) >= 11 is 12.5. The summed E-state index contributed by atoms with van der Waals surface area (Å²) < 4.78 is 5.38. The van der Waals surface area contributed by atoms with Gasteiger partial charge in [0.1, 0.15) is 11.5 Å². The minimum absolute atomic E-state index is 0.0149. The third kappa shape index (κ3) is 4.18. The third-order valence-electron chi connectivity index (χ3n) is 6.39. The molecule has 2 aromatic rings. The van der Waals surface area contributed by atoms with Crippen molar-refractivity contribution >= 4 is 46.3 Å². The first-order valence-corrected chi connectivity index (χ1v) is 11.6. The van der Waals surface area contributed by atoms with Crippen LogP contribution in [0.4, 0.5) is 5.69 Å². The van der Waals surface area contributed by atoms with Crippen LogP contribution in [-0.4, -0.2) is 48.9 Å². The van der Waals surface area contributed by atoms with E-state index in [2.05, 4.69) is 0 Å². The van der Waals surface area contributed by atoms with Crippen molar-refractivity contribution < 1.29 is 19.4 Å². The Balaban J connectivity index is 1.93. The molecule has 1 amide bonds. The lowest BCUT2D eigenvalue weighted by atomic mass is 9.94. The molecule has 4 rings (SSSR count). The van der Waals surface area contributed by atoms with Crippen LogP contribution >= 0.6 is 23.2 Å². The Bertz CT molecular complexity index is 1120. The Kier molecular flexibility index (Phi) is 6.59. The van der Waals surface area contributed by atoms with E-state index >= 15 is 0 Å². The summed E-state index contributed by atoms with van der Waals surface area (Å²) in [5, 5.41) is 11.9. The van der Waals surface area contributed by atoms with Crippen LogP contribution in [0.3, 0.4) is 0 Å². The van der Waals surface area contributed by atoms with Crippen molar-refractivity contribution in [2.45, 2.75) is 37.8 Å². The summed E-state index contributed by atoms with van der Waals surface area (Å²) in [6, 6.07) is 9.85. The number of ether oxygens (including phenoxy) is 1. The molecule has 1 N–H and O–H groups in total. The number of carbonyl (C=O) groups is 2. The number of amides is 1. The second kappa shape index (κ2) is 9.27. The molecule has 0 radical (unpaired) electrons. The van der Waals surface area contributed by atoms with Crippen LogP contribution < -0.4 is 9.64 Å². The van der Waals surface area contributed by atoms with Gasteiger partial charge < -0.3 is 19.6 Å². The first-order valence-electron chi connectivity index (χ1n) is 10.9. The molecule has 1 saturated carbocycles. The van der Waals surface area contributed by atoms with Crippen LogP contribution in [0.25, 0.3) is 5.76 Å². The highest BCUT2D eigenvalue weighted by molar-refractivity contribution is 6.47. The second-order valence-electron chi connectivity index (χ2n) is 8.60. The number of Topliss-reactive ketones (excluding diaryl/α,β-unsaturated/α-hetero) is 1. The van der Waals surface area contributed by atoms with Crippen LogP contribution in [0, 0.1) is 0 Å². The number of halogens is 2. The minimum Gasteiger partial charge on any atom is -0.507 e. The number of methoxy groups -OCH3 is 1. The molecule has 6 nitrogen and oxygen atoms in total. The van der Waals surface area contributed by atoms with E-state index in [0.717, 1.165) is 36.9 Å². The number of anilines is 1. The predicted octanol–water partition coefficient (Wildman–Crippen LogP) is 5.43. The molecule has 33 heavy (non-hydrogen) atoms. The van der Waals surface area contributed by atoms with Gasteiger partial charge in [0.2, 0.25) is 0 Å². The number of ketones is 1. The highest BCUT2D eigenvalue weighted by Gasteiger charge is 2.49. The quantitative estimate of drug-likeness (QED) is 0.345. The molecule has 2 aromatic carbocycles. The summed E-state index contributed by atoms with van der Waals surface area (Å²) in [4.78, 5) is 30.1. The van der Waals surface area contributed by atoms with E-state index in [1.165, 1.54) is 19.2 Å². The number of hydrogen-bond donors (Lipinski definition) is 1. The molecular formula is C25H26Cl2N2O4. The average Bonchev–Trinajstić information content (AvgIpc) is 3.40. The molecule has 0 aromatic heterocycles. The molecule has 0 bridgehead atoms. The van der Waals surface area contributed by atoms with Crippen LogP contribution in [-0.2, 0) is 9.59 Å². The van der Waals surface area contributed by atoms with Gasteiger partial charge in [0.25, 0.3) is 11.7 Å². The monoisotopic (exact) mass is 488 g/mol. The molecule has 1 aliphatic heterocycles. The van der Waals surface area contributed by atoms with E-state index in [1.807, 2.05) is 43.3 Å². The lowest BCUT2D eigenvalue weighted by molar-refractivity contribution is -0.141. The zero-order valence-corrected chi connectivity index (χ0v) is 20.3. The van der Waals surface area contributed by atoms with E-state index in [-0.39, 0.29) is 38.7 Å². The second-order valence-corrected chi connectivity index (χ2v) is 9.44. The fourth-order valence-corrected chi connectivity index (χ4v) is 5.35. The van der Waals surface area contributed by atoms with E-state index in [9.17, 15) is 14.7 Å². The van der Waals surface area contributed by atoms with E-state index < -0.39 is 17.7 Å². The zero-order chi connectivity index (χ0) is 23.9. The SMILES string of the molecule is COc1c(Cl)cc(Cl)cc1/C(O)=C1\C(=O)C(=O)N(C2CCCC2)C1c1ccc(N(C)C)cc1. The van der Waals surface area contributed by atoms with E-state index in [1.54, 1.807) is 4.90 Å². The lowest BCUT2D eigenvalue weighted by Crippen LogP contribution is -2.37. The smallest absolute Gasteiger partial charge is 0.295 e. The lowest BCUT2D eigenvalue weighted by Gasteiger charge is -2.31. The van der Waals surface area contributed by atoms with Crippen molar-refractivity contribution in [1.29, 1.82) is 0 Å². The van der Waals surface area contributed by atoms with Crippen molar-refractivity contribution in [3.05, 3.63) is 63.1 Å². The topological polar surface area (TPSA) is 70.1 Å². The van der Waals surface area contributed by atoms with Gasteiger partial charge in [-0.1, -0.05) is 48.2 Å². The molecule has 8 heteroatoms. The molecule has 2 aliphatic rings. The number of nitrogens with zero attached hydrogens (tertiary/aromatic N) is 2.